The van der Waals surface area contributed by atoms with Crippen LogP contribution in [0.25, 0.3) is 0 Å². The molecule has 0 aromatic heterocycles. The lowest BCUT2D eigenvalue weighted by atomic mass is 9.74. The van der Waals surface area contributed by atoms with Gasteiger partial charge in [-0.1, -0.05) is 48.5 Å². The zero-order chi connectivity index (χ0) is 33.1. The molecule has 2 aliphatic heterocycles. The van der Waals surface area contributed by atoms with Gasteiger partial charge in [-0.25, -0.2) is 9.59 Å². The minimum absolute atomic E-state index is 0.00997. The van der Waals surface area contributed by atoms with Gasteiger partial charge in [-0.3, -0.25) is 9.69 Å². The number of piperidine rings is 1. The Hall–Kier alpha value is -4.84. The van der Waals surface area contributed by atoms with Gasteiger partial charge in [-0.05, 0) is 104 Å². The van der Waals surface area contributed by atoms with Crippen LogP contribution in [0.5, 0.6) is 5.75 Å². The van der Waals surface area contributed by atoms with Crippen molar-refractivity contribution < 1.29 is 23.9 Å². The van der Waals surface area contributed by atoms with Crippen molar-refractivity contribution in [2.24, 2.45) is 5.92 Å². The Morgan fingerprint density at radius 1 is 0.854 bits per heavy atom. The number of nitriles is 1. The topological polar surface area (TPSA) is 103 Å². The van der Waals surface area contributed by atoms with Gasteiger partial charge < -0.3 is 19.3 Å². The zero-order valence-corrected chi connectivity index (χ0v) is 27.3. The molecule has 48 heavy (non-hydrogen) atoms. The van der Waals surface area contributed by atoms with Crippen LogP contribution in [-0.2, 0) is 34.4 Å². The molecule has 7 rings (SSSR count). The Bertz CT molecular complexity index is 1690. The number of rotatable bonds is 7. The Morgan fingerprint density at radius 2 is 1.58 bits per heavy atom. The monoisotopic (exact) mass is 646 g/mol. The molecule has 3 aromatic carbocycles. The molecule has 248 valence electrons. The third kappa shape index (κ3) is 6.49. The summed E-state index contributed by atoms with van der Waals surface area (Å²) in [6, 6.07) is 26.0. The van der Waals surface area contributed by atoms with E-state index in [2.05, 4.69) is 12.1 Å². The van der Waals surface area contributed by atoms with Crippen LogP contribution >= 0.6 is 0 Å². The van der Waals surface area contributed by atoms with Gasteiger partial charge in [0.1, 0.15) is 12.4 Å². The maximum absolute atomic E-state index is 13.6. The molecular formula is C39H42N4O5. The van der Waals surface area contributed by atoms with Crippen molar-refractivity contribution in [2.45, 2.75) is 75.9 Å². The second kappa shape index (κ2) is 13.7. The van der Waals surface area contributed by atoms with Crippen LogP contribution in [-0.4, -0.2) is 60.1 Å². The van der Waals surface area contributed by atoms with Crippen LogP contribution in [0.15, 0.2) is 72.8 Å². The molecule has 1 saturated carbocycles. The Kier molecular flexibility index (Phi) is 9.07. The Labute approximate surface area is 282 Å². The summed E-state index contributed by atoms with van der Waals surface area (Å²) in [5.74, 6) is 0.337. The number of likely N-dealkylation sites (tertiary alicyclic amines) is 1. The predicted octanol–water partition coefficient (Wildman–Crippen LogP) is 6.78. The van der Waals surface area contributed by atoms with Crippen molar-refractivity contribution in [3.63, 3.8) is 0 Å². The predicted molar refractivity (Wildman–Crippen MR) is 180 cm³/mol. The molecule has 3 amide bonds. The first-order chi connectivity index (χ1) is 23.4. The van der Waals surface area contributed by atoms with Crippen molar-refractivity contribution in [2.75, 3.05) is 31.1 Å². The number of nitrogens with zero attached hydrogens (tertiary/aromatic N) is 4. The van der Waals surface area contributed by atoms with Gasteiger partial charge >= 0.3 is 18.1 Å². The highest BCUT2D eigenvalue weighted by Gasteiger charge is 2.40. The summed E-state index contributed by atoms with van der Waals surface area (Å²) < 4.78 is 11.3. The number of ether oxygens (including phenoxy) is 2. The van der Waals surface area contributed by atoms with Gasteiger partial charge in [-0.15, -0.1) is 0 Å². The molecule has 3 fully saturated rings. The first-order valence-corrected chi connectivity index (χ1v) is 17.3. The number of anilines is 1. The fourth-order valence-electron chi connectivity index (χ4n) is 7.87. The average molecular weight is 647 g/mol. The number of amides is 3. The Balaban J connectivity index is 0.899. The van der Waals surface area contributed by atoms with E-state index in [1.165, 1.54) is 11.1 Å². The molecule has 9 heteroatoms. The summed E-state index contributed by atoms with van der Waals surface area (Å²) in [4.78, 5) is 44.6. The largest absolute Gasteiger partial charge is 0.445 e. The SMILES string of the molecule is N#CC1(c2ccc(N3CCN(C4CCC(C(=O)Oc5ccc6c(c5)CCC6)CC4)C3=O)cc2)CCN(C(=O)OCc2ccccc2)CC1. The maximum atomic E-state index is 13.6. The first-order valence-electron chi connectivity index (χ1n) is 17.3. The van der Waals surface area contributed by atoms with Gasteiger partial charge in [-0.2, -0.15) is 5.26 Å². The second-order valence-electron chi connectivity index (χ2n) is 13.6. The molecule has 0 bridgehead atoms. The van der Waals surface area contributed by atoms with Gasteiger partial charge in [0.15, 0.2) is 0 Å². The van der Waals surface area contributed by atoms with E-state index in [0.29, 0.717) is 57.6 Å². The van der Waals surface area contributed by atoms with Crippen molar-refractivity contribution in [3.8, 4) is 11.8 Å². The number of carbonyl (C=O) groups excluding carboxylic acids is 3. The van der Waals surface area contributed by atoms with Crippen LogP contribution < -0.4 is 9.64 Å². The molecular weight excluding hydrogens is 604 g/mol. The third-order valence-electron chi connectivity index (χ3n) is 10.8. The first kappa shape index (κ1) is 31.7. The molecule has 0 atom stereocenters. The molecule has 0 unspecified atom stereocenters. The molecule has 2 aliphatic carbocycles. The van der Waals surface area contributed by atoms with Gasteiger partial charge in [0.25, 0.3) is 0 Å². The molecule has 0 radical (unpaired) electrons. The number of aryl methyl sites for hydroxylation is 2. The number of hydrogen-bond acceptors (Lipinski definition) is 6. The van der Waals surface area contributed by atoms with Gasteiger partial charge in [0.2, 0.25) is 0 Å². The van der Waals surface area contributed by atoms with E-state index in [0.717, 1.165) is 48.9 Å². The number of benzene rings is 3. The molecule has 2 saturated heterocycles. The summed E-state index contributed by atoms with van der Waals surface area (Å²) in [6.07, 6.45) is 6.97. The van der Waals surface area contributed by atoms with Crippen LogP contribution in [0, 0.1) is 17.2 Å². The normalized spacial score (nSPS) is 21.8. The van der Waals surface area contributed by atoms with Crippen molar-refractivity contribution in [1.82, 2.24) is 9.80 Å². The standard InChI is InChI=1S/C39H42N4O5/c40-27-39(19-21-41(22-20-39)38(46)47-26-28-5-2-1-3-6-28)32-12-16-34(17-13-32)43-24-23-42(37(43)45)33-14-9-30(10-15-33)36(44)48-35-18-11-29-7-4-8-31(29)25-35/h1-3,5-6,11-13,16-18,25,30,33H,4,7-10,14-15,19-24,26H2. The van der Waals surface area contributed by atoms with Crippen molar-refractivity contribution >= 4 is 23.8 Å². The minimum atomic E-state index is -0.698. The van der Waals surface area contributed by atoms with Gasteiger partial charge in [0, 0.05) is 37.9 Å². The number of urea groups is 1. The molecule has 0 spiro atoms. The fourth-order valence-corrected chi connectivity index (χ4v) is 7.87. The summed E-state index contributed by atoms with van der Waals surface area (Å²) in [7, 11) is 0. The van der Waals surface area contributed by atoms with E-state index < -0.39 is 5.41 Å². The average Bonchev–Trinajstić information content (AvgIpc) is 3.77. The van der Waals surface area contributed by atoms with E-state index in [-0.39, 0.29) is 36.7 Å². The fraction of sp³-hybridized carbons (Fsp3) is 0.436. The number of hydrogen-bond donors (Lipinski definition) is 0. The smallest absolute Gasteiger partial charge is 0.410 e. The third-order valence-corrected chi connectivity index (χ3v) is 10.8. The van der Waals surface area contributed by atoms with Crippen LogP contribution in [0.4, 0.5) is 15.3 Å². The summed E-state index contributed by atoms with van der Waals surface area (Å²) in [6.45, 7) is 2.35. The van der Waals surface area contributed by atoms with Gasteiger partial charge in [0.05, 0.1) is 17.4 Å². The zero-order valence-electron chi connectivity index (χ0n) is 27.3. The second-order valence-corrected chi connectivity index (χ2v) is 13.6. The highest BCUT2D eigenvalue weighted by molar-refractivity contribution is 5.94. The van der Waals surface area contributed by atoms with Crippen LogP contribution in [0.1, 0.15) is 67.2 Å². The van der Waals surface area contributed by atoms with Crippen LogP contribution in [0.2, 0.25) is 0 Å². The van der Waals surface area contributed by atoms with E-state index in [1.54, 1.807) is 4.90 Å². The lowest BCUT2D eigenvalue weighted by Crippen LogP contribution is -2.44. The van der Waals surface area contributed by atoms with E-state index in [1.807, 2.05) is 76.5 Å². The molecule has 2 heterocycles. The minimum Gasteiger partial charge on any atom is -0.445 e. The lowest BCUT2D eigenvalue weighted by molar-refractivity contribution is -0.140. The lowest BCUT2D eigenvalue weighted by Gasteiger charge is -2.37. The van der Waals surface area contributed by atoms with Crippen molar-refractivity contribution in [1.29, 1.82) is 5.26 Å². The quantitative estimate of drug-likeness (QED) is 0.207. The highest BCUT2D eigenvalue weighted by Crippen LogP contribution is 2.37. The van der Waals surface area contributed by atoms with E-state index >= 15 is 0 Å². The molecule has 9 nitrogen and oxygen atoms in total. The Morgan fingerprint density at radius 3 is 2.31 bits per heavy atom. The van der Waals surface area contributed by atoms with Crippen LogP contribution in [0.3, 0.4) is 0 Å². The summed E-state index contributed by atoms with van der Waals surface area (Å²) in [5.41, 5.74) is 4.60. The number of carbonyl (C=O) groups is 3. The summed E-state index contributed by atoms with van der Waals surface area (Å²) in [5, 5.41) is 10.2. The van der Waals surface area contributed by atoms with E-state index in [9.17, 15) is 19.6 Å². The number of esters is 1. The number of fused-ring (bicyclic) bond motifs is 1. The molecule has 4 aliphatic rings. The molecule has 0 N–H and O–H groups in total. The maximum Gasteiger partial charge on any atom is 0.410 e. The highest BCUT2D eigenvalue weighted by atomic mass is 16.6. The van der Waals surface area contributed by atoms with Crippen molar-refractivity contribution in [3.05, 3.63) is 95.1 Å². The molecule has 3 aromatic rings. The summed E-state index contributed by atoms with van der Waals surface area (Å²) >= 11 is 0. The van der Waals surface area contributed by atoms with E-state index in [4.69, 9.17) is 9.47 Å².